The lowest BCUT2D eigenvalue weighted by Crippen LogP contribution is -2.55. The van der Waals surface area contributed by atoms with Gasteiger partial charge in [0.25, 0.3) is 0 Å². The topological polar surface area (TPSA) is 61.6 Å². The van der Waals surface area contributed by atoms with Gasteiger partial charge in [0.1, 0.15) is 6.04 Å². The van der Waals surface area contributed by atoms with Crippen LogP contribution in [0.15, 0.2) is 42.7 Å². The number of carbonyl (C=O) groups excluding carboxylic acids is 1. The largest absolute Gasteiger partial charge is 0.393 e. The molecular formula is C20H26N4O2. The third-order valence-electron chi connectivity index (χ3n) is 5.49. The van der Waals surface area contributed by atoms with Gasteiger partial charge in [-0.05, 0) is 30.9 Å². The molecule has 3 heterocycles. The van der Waals surface area contributed by atoms with Crippen molar-refractivity contribution in [1.82, 2.24) is 19.6 Å². The number of amides is 1. The monoisotopic (exact) mass is 354 g/mol. The van der Waals surface area contributed by atoms with Gasteiger partial charge < -0.3 is 10.0 Å². The van der Waals surface area contributed by atoms with Gasteiger partial charge in [0.2, 0.25) is 5.91 Å². The standard InChI is InChI=1S/C20H26N4O2/c1-15-11-21-24(12-15)17-13-23(14-17)20(26)19(16-5-3-2-4-6-16)22-9-7-18(25)8-10-22/h2-6,11-12,17-19,25H,7-10,13-14H2,1H3. The second-order valence-electron chi connectivity index (χ2n) is 7.48. The first-order chi connectivity index (χ1) is 12.6. The molecule has 2 fully saturated rings. The Morgan fingerprint density at radius 3 is 2.50 bits per heavy atom. The minimum absolute atomic E-state index is 0.160. The number of likely N-dealkylation sites (tertiary alicyclic amines) is 2. The summed E-state index contributed by atoms with van der Waals surface area (Å²) in [5.41, 5.74) is 2.18. The quantitative estimate of drug-likeness (QED) is 0.909. The van der Waals surface area contributed by atoms with Crippen LogP contribution in [0.2, 0.25) is 0 Å². The Kier molecular flexibility index (Phi) is 4.78. The summed E-state index contributed by atoms with van der Waals surface area (Å²) in [6, 6.07) is 10.0. The third kappa shape index (κ3) is 3.39. The second-order valence-corrected chi connectivity index (χ2v) is 7.48. The summed E-state index contributed by atoms with van der Waals surface area (Å²) in [4.78, 5) is 17.4. The third-order valence-corrected chi connectivity index (χ3v) is 5.49. The molecule has 0 spiro atoms. The fourth-order valence-electron chi connectivity index (χ4n) is 3.90. The van der Waals surface area contributed by atoms with Gasteiger partial charge in [0.05, 0.1) is 18.3 Å². The molecule has 6 nitrogen and oxygen atoms in total. The molecule has 0 bridgehead atoms. The van der Waals surface area contributed by atoms with Gasteiger partial charge in [-0.2, -0.15) is 5.10 Å². The van der Waals surface area contributed by atoms with E-state index < -0.39 is 0 Å². The fourth-order valence-corrected chi connectivity index (χ4v) is 3.90. The van der Waals surface area contributed by atoms with Crippen molar-refractivity contribution < 1.29 is 9.90 Å². The van der Waals surface area contributed by atoms with Crippen molar-refractivity contribution >= 4 is 5.91 Å². The van der Waals surface area contributed by atoms with Crippen LogP contribution in [0.25, 0.3) is 0 Å². The van der Waals surface area contributed by atoms with Gasteiger partial charge in [-0.1, -0.05) is 30.3 Å². The molecule has 0 saturated carbocycles. The van der Waals surface area contributed by atoms with Crippen molar-refractivity contribution in [2.75, 3.05) is 26.2 Å². The minimum Gasteiger partial charge on any atom is -0.393 e. The number of nitrogens with zero attached hydrogens (tertiary/aromatic N) is 4. The Morgan fingerprint density at radius 2 is 1.88 bits per heavy atom. The molecule has 4 rings (SSSR count). The van der Waals surface area contributed by atoms with Crippen molar-refractivity contribution in [3.05, 3.63) is 53.9 Å². The average Bonchev–Trinajstić information content (AvgIpc) is 3.02. The van der Waals surface area contributed by atoms with Crippen molar-refractivity contribution in [1.29, 1.82) is 0 Å². The molecule has 1 atom stereocenters. The summed E-state index contributed by atoms with van der Waals surface area (Å²) in [6.45, 7) is 4.95. The molecule has 2 aliphatic heterocycles. The highest BCUT2D eigenvalue weighted by Crippen LogP contribution is 2.30. The summed E-state index contributed by atoms with van der Waals surface area (Å²) < 4.78 is 1.97. The zero-order chi connectivity index (χ0) is 18.1. The Morgan fingerprint density at radius 1 is 1.19 bits per heavy atom. The number of hydrogen-bond donors (Lipinski definition) is 1. The van der Waals surface area contributed by atoms with Crippen molar-refractivity contribution in [2.24, 2.45) is 0 Å². The van der Waals surface area contributed by atoms with Crippen LogP contribution in [-0.2, 0) is 4.79 Å². The van der Waals surface area contributed by atoms with E-state index in [1.54, 1.807) is 0 Å². The van der Waals surface area contributed by atoms with E-state index >= 15 is 0 Å². The Bertz CT molecular complexity index is 746. The predicted molar refractivity (Wildman–Crippen MR) is 98.6 cm³/mol. The van der Waals surface area contributed by atoms with E-state index in [-0.39, 0.29) is 24.1 Å². The molecule has 26 heavy (non-hydrogen) atoms. The van der Waals surface area contributed by atoms with E-state index in [0.29, 0.717) is 13.1 Å². The highest BCUT2D eigenvalue weighted by Gasteiger charge is 2.39. The van der Waals surface area contributed by atoms with Crippen LogP contribution in [-0.4, -0.2) is 62.9 Å². The van der Waals surface area contributed by atoms with Crippen LogP contribution in [0, 0.1) is 6.92 Å². The highest BCUT2D eigenvalue weighted by molar-refractivity contribution is 5.84. The average molecular weight is 354 g/mol. The first-order valence-corrected chi connectivity index (χ1v) is 9.38. The minimum atomic E-state index is -0.260. The summed E-state index contributed by atoms with van der Waals surface area (Å²) in [5, 5.41) is 14.2. The van der Waals surface area contributed by atoms with Crippen molar-refractivity contribution in [2.45, 2.75) is 38.0 Å². The van der Waals surface area contributed by atoms with Gasteiger partial charge in [-0.3, -0.25) is 14.4 Å². The van der Waals surface area contributed by atoms with Crippen molar-refractivity contribution in [3.63, 3.8) is 0 Å². The van der Waals surface area contributed by atoms with E-state index in [4.69, 9.17) is 0 Å². The molecule has 2 aliphatic rings. The number of hydrogen-bond acceptors (Lipinski definition) is 4. The van der Waals surface area contributed by atoms with E-state index in [1.807, 2.05) is 59.2 Å². The van der Waals surface area contributed by atoms with Crippen LogP contribution < -0.4 is 0 Å². The Hall–Kier alpha value is -2.18. The molecule has 2 aromatic rings. The first-order valence-electron chi connectivity index (χ1n) is 9.38. The van der Waals surface area contributed by atoms with E-state index in [2.05, 4.69) is 10.00 Å². The molecule has 6 heteroatoms. The number of aliphatic hydroxyl groups excluding tert-OH is 1. The second kappa shape index (κ2) is 7.21. The molecule has 0 aliphatic carbocycles. The first kappa shape index (κ1) is 17.2. The maximum atomic E-state index is 13.3. The number of aromatic nitrogens is 2. The summed E-state index contributed by atoms with van der Waals surface area (Å²) in [7, 11) is 0. The summed E-state index contributed by atoms with van der Waals surface area (Å²) in [6.07, 6.45) is 5.11. The zero-order valence-corrected chi connectivity index (χ0v) is 15.2. The van der Waals surface area contributed by atoms with Gasteiger partial charge in [0, 0.05) is 32.4 Å². The summed E-state index contributed by atoms with van der Waals surface area (Å²) in [5.74, 6) is 0.160. The molecule has 138 valence electrons. The lowest BCUT2D eigenvalue weighted by molar-refractivity contribution is -0.144. The molecule has 1 aromatic carbocycles. The normalized spacial score (nSPS) is 20.8. The number of piperidine rings is 1. The van der Waals surface area contributed by atoms with E-state index in [9.17, 15) is 9.90 Å². The maximum absolute atomic E-state index is 13.3. The number of rotatable bonds is 4. The predicted octanol–water partition coefficient (Wildman–Crippen LogP) is 1.77. The van der Waals surface area contributed by atoms with Crippen LogP contribution in [0.3, 0.4) is 0 Å². The molecule has 0 radical (unpaired) electrons. The van der Waals surface area contributed by atoms with E-state index in [0.717, 1.165) is 37.1 Å². The Labute approximate surface area is 154 Å². The molecule has 1 unspecified atom stereocenters. The van der Waals surface area contributed by atoms with Gasteiger partial charge in [-0.25, -0.2) is 0 Å². The van der Waals surface area contributed by atoms with Crippen LogP contribution in [0.5, 0.6) is 0 Å². The van der Waals surface area contributed by atoms with Crippen LogP contribution in [0.4, 0.5) is 0 Å². The molecule has 2 saturated heterocycles. The number of aliphatic hydroxyl groups is 1. The van der Waals surface area contributed by atoms with Crippen LogP contribution >= 0.6 is 0 Å². The highest BCUT2D eigenvalue weighted by atomic mass is 16.3. The molecule has 1 N–H and O–H groups in total. The molecular weight excluding hydrogens is 328 g/mol. The number of aryl methyl sites for hydroxylation is 1. The fraction of sp³-hybridized carbons (Fsp3) is 0.500. The zero-order valence-electron chi connectivity index (χ0n) is 15.2. The van der Waals surface area contributed by atoms with E-state index in [1.165, 1.54) is 0 Å². The Balaban J connectivity index is 1.48. The summed E-state index contributed by atoms with van der Waals surface area (Å²) >= 11 is 0. The van der Waals surface area contributed by atoms with Gasteiger partial charge in [-0.15, -0.1) is 0 Å². The lowest BCUT2D eigenvalue weighted by Gasteiger charge is -2.44. The van der Waals surface area contributed by atoms with Crippen molar-refractivity contribution in [3.8, 4) is 0 Å². The number of carbonyl (C=O) groups is 1. The smallest absolute Gasteiger partial charge is 0.244 e. The van der Waals surface area contributed by atoms with Crippen LogP contribution in [0.1, 0.15) is 36.1 Å². The lowest BCUT2D eigenvalue weighted by atomic mass is 9.97. The van der Waals surface area contributed by atoms with Gasteiger partial charge >= 0.3 is 0 Å². The number of benzene rings is 1. The SMILES string of the molecule is Cc1cnn(C2CN(C(=O)C(c3ccccc3)N3CCC(O)CC3)C2)c1. The molecule has 1 amide bonds. The van der Waals surface area contributed by atoms with Gasteiger partial charge in [0.15, 0.2) is 0 Å². The maximum Gasteiger partial charge on any atom is 0.244 e. The molecule has 1 aromatic heterocycles.